The minimum absolute atomic E-state index is 0.384. The lowest BCUT2D eigenvalue weighted by atomic mass is 9.88. The molecule has 1 heteroatoms. The molecule has 35 heavy (non-hydrogen) atoms. The van der Waals surface area contributed by atoms with Gasteiger partial charge in [0, 0.05) is 11.8 Å². The van der Waals surface area contributed by atoms with Gasteiger partial charge in [-0.2, -0.15) is 0 Å². The molecule has 0 N–H and O–H groups in total. The summed E-state index contributed by atoms with van der Waals surface area (Å²) in [6.45, 7) is 8.92. The first-order valence-corrected chi connectivity index (χ1v) is 14.2. The second-order valence-corrected chi connectivity index (χ2v) is 12.4. The van der Waals surface area contributed by atoms with Crippen molar-refractivity contribution in [2.45, 2.75) is 39.5 Å². The molecule has 0 aliphatic heterocycles. The molecule has 0 spiro atoms. The summed E-state index contributed by atoms with van der Waals surface area (Å²) in [6, 6.07) is 27.9. The molecule has 4 aromatic carbocycles. The summed E-state index contributed by atoms with van der Waals surface area (Å²) in [5, 5.41) is 3.00. The van der Waals surface area contributed by atoms with Crippen LogP contribution < -0.4 is 10.4 Å². The Morgan fingerprint density at radius 1 is 0.457 bits per heavy atom. The van der Waals surface area contributed by atoms with E-state index in [1.807, 2.05) is 0 Å². The van der Waals surface area contributed by atoms with Gasteiger partial charge >= 0.3 is 0 Å². The molecule has 2 unspecified atom stereocenters. The summed E-state index contributed by atoms with van der Waals surface area (Å²) in [5.74, 6) is 0.767. The summed E-state index contributed by atoms with van der Waals surface area (Å²) in [4.78, 5) is 0. The summed E-state index contributed by atoms with van der Waals surface area (Å²) in [5.41, 5.74) is 14.1. The van der Waals surface area contributed by atoms with Crippen LogP contribution in [0.15, 0.2) is 84.9 Å². The van der Waals surface area contributed by atoms with Gasteiger partial charge in [0.25, 0.3) is 0 Å². The first kappa shape index (κ1) is 22.1. The van der Waals surface area contributed by atoms with E-state index in [0.717, 1.165) is 0 Å². The third-order valence-corrected chi connectivity index (χ3v) is 9.82. The van der Waals surface area contributed by atoms with Crippen LogP contribution >= 0.6 is 0 Å². The minimum atomic E-state index is -0.492. The van der Waals surface area contributed by atoms with E-state index in [1.54, 1.807) is 0 Å². The van der Waals surface area contributed by atoms with E-state index in [0.29, 0.717) is 11.8 Å². The topological polar surface area (TPSA) is 0 Å². The summed E-state index contributed by atoms with van der Waals surface area (Å²) in [6.07, 6.45) is 9.36. The molecule has 0 heterocycles. The van der Waals surface area contributed by atoms with Crippen LogP contribution in [0.5, 0.6) is 0 Å². The van der Waals surface area contributed by atoms with Gasteiger partial charge in [-0.15, -0.1) is 0 Å². The molecule has 0 saturated carbocycles. The van der Waals surface area contributed by atoms with Crippen LogP contribution in [0.25, 0.3) is 12.2 Å². The van der Waals surface area contributed by atoms with Crippen molar-refractivity contribution in [3.8, 4) is 0 Å². The standard InChI is InChI=1S/C34H32Si/c1-21-5-7-23(3)33-29(21)17-19-31(33)25-9-13-27(14-10-25)35-28-15-11-26(12-16-28)32-20-18-30-22(2)6-8-24(4)34(30)32/h5-20,31-32H,35H2,1-4H3. The van der Waals surface area contributed by atoms with E-state index < -0.39 is 9.52 Å². The highest BCUT2D eigenvalue weighted by atomic mass is 28.2. The van der Waals surface area contributed by atoms with Gasteiger partial charge in [0.05, 0.1) is 9.52 Å². The van der Waals surface area contributed by atoms with Crippen molar-refractivity contribution in [3.63, 3.8) is 0 Å². The third kappa shape index (κ3) is 3.85. The van der Waals surface area contributed by atoms with E-state index in [2.05, 4.69) is 125 Å². The number of aryl methyl sites for hydroxylation is 4. The Hall–Kier alpha value is -3.42. The van der Waals surface area contributed by atoms with Gasteiger partial charge in [-0.25, -0.2) is 0 Å². The van der Waals surface area contributed by atoms with Crippen LogP contribution in [0.1, 0.15) is 67.5 Å². The minimum Gasteiger partial charge on any atom is -0.0720 e. The SMILES string of the molecule is Cc1ccc(C)c2c1C=CC2c1ccc([SiH2]c2ccc(C3C=Cc4c(C)ccc(C)c43)cc2)cc1. The fourth-order valence-corrected chi connectivity index (χ4v) is 7.45. The average Bonchev–Trinajstić information content (AvgIpc) is 3.52. The van der Waals surface area contributed by atoms with Gasteiger partial charge in [-0.3, -0.25) is 0 Å². The number of rotatable bonds is 4. The van der Waals surface area contributed by atoms with E-state index in [-0.39, 0.29) is 0 Å². The molecule has 2 aliphatic rings. The van der Waals surface area contributed by atoms with E-state index in [1.165, 1.54) is 66.0 Å². The normalized spacial score (nSPS) is 17.9. The molecule has 0 saturated heterocycles. The van der Waals surface area contributed by atoms with Crippen molar-refractivity contribution in [1.82, 2.24) is 0 Å². The average molecular weight is 469 g/mol. The van der Waals surface area contributed by atoms with Crippen molar-refractivity contribution >= 4 is 32.0 Å². The van der Waals surface area contributed by atoms with E-state index in [9.17, 15) is 0 Å². The van der Waals surface area contributed by atoms with E-state index in [4.69, 9.17) is 0 Å². The number of hydrogen-bond donors (Lipinski definition) is 0. The molecular weight excluding hydrogens is 436 g/mol. The first-order chi connectivity index (χ1) is 17.0. The smallest absolute Gasteiger partial charge is 0.0720 e. The summed E-state index contributed by atoms with van der Waals surface area (Å²) >= 11 is 0. The largest absolute Gasteiger partial charge is 0.0875 e. The molecule has 2 aliphatic carbocycles. The molecule has 0 radical (unpaired) electrons. The number of hydrogen-bond acceptors (Lipinski definition) is 0. The Morgan fingerprint density at radius 3 is 1.23 bits per heavy atom. The predicted molar refractivity (Wildman–Crippen MR) is 154 cm³/mol. The van der Waals surface area contributed by atoms with Crippen molar-refractivity contribution < 1.29 is 0 Å². The zero-order valence-corrected chi connectivity index (χ0v) is 22.5. The molecular formula is C34H32Si. The lowest BCUT2D eigenvalue weighted by molar-refractivity contribution is 1.03. The van der Waals surface area contributed by atoms with Crippen LogP contribution in [-0.2, 0) is 0 Å². The van der Waals surface area contributed by atoms with Crippen molar-refractivity contribution in [1.29, 1.82) is 0 Å². The van der Waals surface area contributed by atoms with Gasteiger partial charge in [-0.05, 0) is 83.3 Å². The quantitative estimate of drug-likeness (QED) is 0.306. The van der Waals surface area contributed by atoms with Crippen molar-refractivity contribution in [2.75, 3.05) is 0 Å². The van der Waals surface area contributed by atoms with Crippen molar-refractivity contribution in [2.24, 2.45) is 0 Å². The number of allylic oxidation sites excluding steroid dienone is 2. The Bertz CT molecular complexity index is 1370. The highest BCUT2D eigenvalue weighted by Crippen LogP contribution is 2.39. The zero-order chi connectivity index (χ0) is 24.1. The van der Waals surface area contributed by atoms with Gasteiger partial charge in [0.1, 0.15) is 0 Å². The fraction of sp³-hybridized carbons (Fsp3) is 0.176. The second-order valence-electron chi connectivity index (χ2n) is 10.4. The highest BCUT2D eigenvalue weighted by molar-refractivity contribution is 6.67. The highest BCUT2D eigenvalue weighted by Gasteiger charge is 2.23. The zero-order valence-electron chi connectivity index (χ0n) is 21.1. The molecule has 4 aromatic rings. The lowest BCUT2D eigenvalue weighted by Crippen LogP contribution is -2.27. The van der Waals surface area contributed by atoms with Crippen LogP contribution in [0, 0.1) is 27.7 Å². The molecule has 0 amide bonds. The third-order valence-electron chi connectivity index (χ3n) is 8.06. The Labute approximate surface area is 211 Å². The van der Waals surface area contributed by atoms with Gasteiger partial charge in [0.15, 0.2) is 0 Å². The van der Waals surface area contributed by atoms with Crippen molar-refractivity contribution in [3.05, 3.63) is 141 Å². The fourth-order valence-electron chi connectivity index (χ4n) is 6.03. The monoisotopic (exact) mass is 468 g/mol. The Balaban J connectivity index is 1.19. The molecule has 0 nitrogen and oxygen atoms in total. The van der Waals surface area contributed by atoms with Gasteiger partial charge in [-0.1, -0.05) is 107 Å². The maximum atomic E-state index is 2.37. The molecule has 172 valence electrons. The molecule has 0 bridgehead atoms. The van der Waals surface area contributed by atoms with E-state index >= 15 is 0 Å². The van der Waals surface area contributed by atoms with Crippen LogP contribution in [0.2, 0.25) is 0 Å². The molecule has 2 atom stereocenters. The molecule has 6 rings (SSSR count). The lowest BCUT2D eigenvalue weighted by Gasteiger charge is -2.17. The van der Waals surface area contributed by atoms with Crippen LogP contribution in [0.4, 0.5) is 0 Å². The van der Waals surface area contributed by atoms with Gasteiger partial charge < -0.3 is 0 Å². The Morgan fingerprint density at radius 2 is 0.829 bits per heavy atom. The predicted octanol–water partition coefficient (Wildman–Crippen LogP) is 6.36. The number of fused-ring (bicyclic) bond motifs is 2. The molecule has 0 aromatic heterocycles. The summed E-state index contributed by atoms with van der Waals surface area (Å²) in [7, 11) is -0.492. The maximum Gasteiger partial charge on any atom is 0.0875 e. The second kappa shape index (κ2) is 8.66. The Kier molecular flexibility index (Phi) is 5.46. The van der Waals surface area contributed by atoms with Gasteiger partial charge in [0.2, 0.25) is 0 Å². The number of benzene rings is 4. The van der Waals surface area contributed by atoms with Crippen LogP contribution in [-0.4, -0.2) is 9.52 Å². The van der Waals surface area contributed by atoms with Crippen LogP contribution in [0.3, 0.4) is 0 Å². The first-order valence-electron chi connectivity index (χ1n) is 12.7. The summed E-state index contributed by atoms with van der Waals surface area (Å²) < 4.78 is 0. The molecule has 0 fully saturated rings. The maximum absolute atomic E-state index is 2.37.